The van der Waals surface area contributed by atoms with Gasteiger partial charge in [-0.25, -0.2) is 0 Å². The van der Waals surface area contributed by atoms with Gasteiger partial charge in [-0.1, -0.05) is 0 Å². The maximum absolute atomic E-state index is 11.2. The van der Waals surface area contributed by atoms with Gasteiger partial charge >= 0.3 is 0 Å². The molecule has 78 valence electrons. The smallest absolute Gasteiger partial charge is 0.236 e. The zero-order valence-electron chi connectivity index (χ0n) is 8.84. The summed E-state index contributed by atoms with van der Waals surface area (Å²) in [5.41, 5.74) is 0.182. The third-order valence-corrected chi connectivity index (χ3v) is 2.69. The van der Waals surface area contributed by atoms with Crippen molar-refractivity contribution in [3.05, 3.63) is 0 Å². The highest BCUT2D eigenvalue weighted by molar-refractivity contribution is 5.77. The number of nitrogens with one attached hydrogen (secondary N) is 1. The van der Waals surface area contributed by atoms with Crippen LogP contribution in [0.15, 0.2) is 0 Å². The first kappa shape index (κ1) is 11.0. The minimum absolute atomic E-state index is 0.0813. The number of carbonyl (C=O) groups excluding carboxylic acids is 1. The summed E-state index contributed by atoms with van der Waals surface area (Å²) in [7, 11) is 3.48. The van der Waals surface area contributed by atoms with E-state index in [0.717, 1.165) is 19.4 Å². The number of nitrogens with zero attached hydrogens (tertiary/aromatic N) is 2. The summed E-state index contributed by atoms with van der Waals surface area (Å²) in [6.07, 6.45) is 2.84. The Kier molecular flexibility index (Phi) is 3.48. The number of rotatable bonds is 5. The molecule has 14 heavy (non-hydrogen) atoms. The molecular weight excluding hydrogens is 178 g/mol. The molecule has 0 atom stereocenters. The normalized spacial score (nSPS) is 17.2. The van der Waals surface area contributed by atoms with Crippen LogP contribution in [-0.2, 0) is 4.79 Å². The molecule has 1 saturated carbocycles. The Morgan fingerprint density at radius 1 is 1.57 bits per heavy atom. The number of amides is 1. The molecule has 0 aromatic heterocycles. The third kappa shape index (κ3) is 3.00. The van der Waals surface area contributed by atoms with Crippen molar-refractivity contribution in [2.45, 2.75) is 19.3 Å². The van der Waals surface area contributed by atoms with E-state index >= 15 is 0 Å². The summed E-state index contributed by atoms with van der Waals surface area (Å²) < 4.78 is 0. The van der Waals surface area contributed by atoms with Gasteiger partial charge in [-0.15, -0.1) is 0 Å². The van der Waals surface area contributed by atoms with Gasteiger partial charge < -0.3 is 10.2 Å². The van der Waals surface area contributed by atoms with Crippen LogP contribution >= 0.6 is 0 Å². The molecule has 0 saturated heterocycles. The Balaban J connectivity index is 2.16. The van der Waals surface area contributed by atoms with Crippen LogP contribution in [0.1, 0.15) is 19.3 Å². The van der Waals surface area contributed by atoms with Crippen LogP contribution in [0.3, 0.4) is 0 Å². The van der Waals surface area contributed by atoms with E-state index in [1.54, 1.807) is 19.0 Å². The summed E-state index contributed by atoms with van der Waals surface area (Å²) in [4.78, 5) is 12.8. The van der Waals surface area contributed by atoms with E-state index in [4.69, 9.17) is 5.26 Å². The van der Waals surface area contributed by atoms with E-state index in [1.807, 2.05) is 0 Å². The average Bonchev–Trinajstić information content (AvgIpc) is 2.85. The maximum atomic E-state index is 11.2. The fourth-order valence-corrected chi connectivity index (χ4v) is 1.35. The zero-order chi connectivity index (χ0) is 10.6. The van der Waals surface area contributed by atoms with Crippen molar-refractivity contribution in [1.82, 2.24) is 10.2 Å². The lowest BCUT2D eigenvalue weighted by Crippen LogP contribution is -2.35. The van der Waals surface area contributed by atoms with Crippen LogP contribution < -0.4 is 5.32 Å². The summed E-state index contributed by atoms with van der Waals surface area (Å²) in [5.74, 6) is 0.0813. The van der Waals surface area contributed by atoms with Crippen molar-refractivity contribution in [3.63, 3.8) is 0 Å². The Labute approximate surface area is 84.9 Å². The predicted octanol–water partition coefficient (Wildman–Crippen LogP) is 0.358. The van der Waals surface area contributed by atoms with E-state index < -0.39 is 0 Å². The molecule has 4 nitrogen and oxygen atoms in total. The first-order valence-electron chi connectivity index (χ1n) is 4.87. The second kappa shape index (κ2) is 4.43. The van der Waals surface area contributed by atoms with Crippen LogP contribution in [-0.4, -0.2) is 38.0 Å². The van der Waals surface area contributed by atoms with Gasteiger partial charge in [0.1, 0.15) is 0 Å². The highest BCUT2D eigenvalue weighted by atomic mass is 16.2. The van der Waals surface area contributed by atoms with Crippen molar-refractivity contribution in [1.29, 1.82) is 5.26 Å². The first-order valence-corrected chi connectivity index (χ1v) is 4.87. The van der Waals surface area contributed by atoms with E-state index in [1.165, 1.54) is 0 Å². The predicted molar refractivity (Wildman–Crippen MR) is 53.5 cm³/mol. The number of hydrogen-bond donors (Lipinski definition) is 1. The van der Waals surface area contributed by atoms with Gasteiger partial charge in [0.25, 0.3) is 0 Å². The van der Waals surface area contributed by atoms with E-state index in [2.05, 4.69) is 11.4 Å². The first-order chi connectivity index (χ1) is 6.59. The molecule has 0 heterocycles. The van der Waals surface area contributed by atoms with Gasteiger partial charge in [-0.3, -0.25) is 4.79 Å². The van der Waals surface area contributed by atoms with E-state index in [0.29, 0.717) is 13.0 Å². The Morgan fingerprint density at radius 2 is 2.21 bits per heavy atom. The van der Waals surface area contributed by atoms with Gasteiger partial charge in [0, 0.05) is 27.1 Å². The van der Waals surface area contributed by atoms with Crippen LogP contribution in [0.2, 0.25) is 0 Å². The average molecular weight is 195 g/mol. The molecule has 1 fully saturated rings. The maximum Gasteiger partial charge on any atom is 0.236 e. The van der Waals surface area contributed by atoms with E-state index in [9.17, 15) is 4.79 Å². The van der Waals surface area contributed by atoms with Crippen molar-refractivity contribution in [2.24, 2.45) is 5.41 Å². The third-order valence-electron chi connectivity index (χ3n) is 2.69. The van der Waals surface area contributed by atoms with Crippen molar-refractivity contribution in [3.8, 4) is 6.07 Å². The van der Waals surface area contributed by atoms with Gasteiger partial charge in [0.15, 0.2) is 0 Å². The lowest BCUT2D eigenvalue weighted by atomic mass is 10.0. The quantitative estimate of drug-likeness (QED) is 0.689. The minimum Gasteiger partial charge on any atom is -0.348 e. The molecule has 0 aromatic carbocycles. The second-order valence-electron chi connectivity index (χ2n) is 4.23. The standard InChI is InChI=1S/C10H17N3O/c1-13(2)9(14)7-12-8-10(3-4-10)5-6-11/h12H,3-5,7-8H2,1-2H3. The van der Waals surface area contributed by atoms with Crippen molar-refractivity contribution >= 4 is 5.91 Å². The second-order valence-corrected chi connectivity index (χ2v) is 4.23. The topological polar surface area (TPSA) is 56.1 Å². The molecule has 1 rings (SSSR count). The molecule has 1 N–H and O–H groups in total. The highest BCUT2D eigenvalue weighted by Gasteiger charge is 2.41. The molecule has 1 aliphatic carbocycles. The summed E-state index contributed by atoms with van der Waals surface area (Å²) in [5, 5.41) is 11.7. The van der Waals surface area contributed by atoms with Gasteiger partial charge in [-0.2, -0.15) is 5.26 Å². The van der Waals surface area contributed by atoms with Crippen LogP contribution in [0.5, 0.6) is 0 Å². The van der Waals surface area contributed by atoms with Crippen LogP contribution in [0.25, 0.3) is 0 Å². The number of likely N-dealkylation sites (N-methyl/N-ethyl adjacent to an activating group) is 1. The van der Waals surface area contributed by atoms with Crippen molar-refractivity contribution in [2.75, 3.05) is 27.2 Å². The number of carbonyl (C=O) groups is 1. The molecule has 0 aliphatic heterocycles. The molecule has 1 aliphatic rings. The molecule has 0 bridgehead atoms. The molecule has 0 unspecified atom stereocenters. The largest absolute Gasteiger partial charge is 0.348 e. The Bertz CT molecular complexity index is 251. The van der Waals surface area contributed by atoms with Crippen molar-refractivity contribution < 1.29 is 4.79 Å². The highest BCUT2D eigenvalue weighted by Crippen LogP contribution is 2.47. The fraction of sp³-hybridized carbons (Fsp3) is 0.800. The summed E-state index contributed by atoms with van der Waals surface area (Å²) in [6.45, 7) is 1.17. The van der Waals surface area contributed by atoms with Crippen LogP contribution in [0, 0.1) is 16.7 Å². The van der Waals surface area contributed by atoms with Gasteiger partial charge in [0.05, 0.1) is 12.6 Å². The van der Waals surface area contributed by atoms with E-state index in [-0.39, 0.29) is 11.3 Å². The SMILES string of the molecule is CN(C)C(=O)CNCC1(CC#N)CC1. The van der Waals surface area contributed by atoms with Gasteiger partial charge in [-0.05, 0) is 18.3 Å². The fourth-order valence-electron chi connectivity index (χ4n) is 1.35. The molecule has 0 spiro atoms. The molecule has 0 aromatic rings. The minimum atomic E-state index is 0.0813. The van der Waals surface area contributed by atoms with Crippen LogP contribution in [0.4, 0.5) is 0 Å². The molecule has 4 heteroatoms. The Hall–Kier alpha value is -1.08. The molecular formula is C10H17N3O. The summed E-state index contributed by atoms with van der Waals surface area (Å²) >= 11 is 0. The molecule has 1 amide bonds. The monoisotopic (exact) mass is 195 g/mol. The number of hydrogen-bond acceptors (Lipinski definition) is 3. The van der Waals surface area contributed by atoms with Gasteiger partial charge in [0.2, 0.25) is 5.91 Å². The summed E-state index contributed by atoms with van der Waals surface area (Å²) in [6, 6.07) is 2.20. The lowest BCUT2D eigenvalue weighted by Gasteiger charge is -2.14. The Morgan fingerprint density at radius 3 is 2.64 bits per heavy atom. The zero-order valence-corrected chi connectivity index (χ0v) is 8.84. The number of nitriles is 1. The lowest BCUT2D eigenvalue weighted by molar-refractivity contribution is -0.127. The molecule has 0 radical (unpaired) electrons.